The van der Waals surface area contributed by atoms with Crippen molar-refractivity contribution in [1.82, 2.24) is 0 Å². The molecule has 0 fully saturated rings. The van der Waals surface area contributed by atoms with Gasteiger partial charge < -0.3 is 14.8 Å². The van der Waals surface area contributed by atoms with Crippen LogP contribution in [0.25, 0.3) is 6.08 Å². The highest BCUT2D eigenvalue weighted by atomic mass is 16.5. The molecular weight excluding hydrogens is 335 g/mol. The molecule has 134 valence electrons. The summed E-state index contributed by atoms with van der Waals surface area (Å²) in [6.45, 7) is 3.85. The molecule has 0 bridgehead atoms. The van der Waals surface area contributed by atoms with Crippen molar-refractivity contribution >= 4 is 18.7 Å². The highest BCUT2D eigenvalue weighted by Gasteiger charge is 2.38. The van der Waals surface area contributed by atoms with E-state index in [1.54, 1.807) is 6.07 Å². The Labute approximate surface area is 159 Å². The predicted molar refractivity (Wildman–Crippen MR) is 109 cm³/mol. The van der Waals surface area contributed by atoms with Crippen molar-refractivity contribution in [3.8, 4) is 5.75 Å². The summed E-state index contributed by atoms with van der Waals surface area (Å²) >= 11 is 0. The molecule has 0 saturated carbocycles. The summed E-state index contributed by atoms with van der Waals surface area (Å²) in [7, 11) is -1.50. The monoisotopic (exact) mass is 356 g/mol. The normalized spacial score (nSPS) is 14.4. The minimum atomic E-state index is -1.50. The molecule has 4 rings (SSSR count). The molecule has 1 aliphatic rings. The van der Waals surface area contributed by atoms with E-state index in [9.17, 15) is 10.0 Å². The molecule has 0 unspecified atom stereocenters. The van der Waals surface area contributed by atoms with E-state index in [2.05, 4.69) is 24.3 Å². The van der Waals surface area contributed by atoms with Crippen molar-refractivity contribution in [2.24, 2.45) is 0 Å². The Hall–Kier alpha value is -2.82. The van der Waals surface area contributed by atoms with Gasteiger partial charge in [-0.2, -0.15) is 0 Å². The van der Waals surface area contributed by atoms with Crippen molar-refractivity contribution in [2.75, 3.05) is 0 Å². The molecule has 27 heavy (non-hydrogen) atoms. The van der Waals surface area contributed by atoms with Crippen molar-refractivity contribution in [2.45, 2.75) is 19.4 Å². The van der Waals surface area contributed by atoms with Gasteiger partial charge in [0.15, 0.2) is 5.60 Å². The number of hydrogen-bond acceptors (Lipinski definition) is 3. The fraction of sp³-hybridized carbons (Fsp3) is 0.130. The Morgan fingerprint density at radius 2 is 1.37 bits per heavy atom. The molecule has 1 heterocycles. The van der Waals surface area contributed by atoms with Crippen molar-refractivity contribution in [3.05, 3.63) is 101 Å². The van der Waals surface area contributed by atoms with Gasteiger partial charge >= 0.3 is 7.12 Å². The van der Waals surface area contributed by atoms with Crippen LogP contribution in [0.15, 0.2) is 72.8 Å². The van der Waals surface area contributed by atoms with Gasteiger partial charge in [-0.15, -0.1) is 0 Å². The Morgan fingerprint density at radius 3 is 1.89 bits per heavy atom. The van der Waals surface area contributed by atoms with Gasteiger partial charge in [-0.05, 0) is 36.5 Å². The quantitative estimate of drug-likeness (QED) is 0.708. The van der Waals surface area contributed by atoms with Crippen LogP contribution in [0, 0.1) is 13.8 Å². The van der Waals surface area contributed by atoms with Gasteiger partial charge in [0.1, 0.15) is 5.75 Å². The molecule has 0 amide bonds. The lowest BCUT2D eigenvalue weighted by Crippen LogP contribution is -2.37. The Balaban J connectivity index is 1.94. The van der Waals surface area contributed by atoms with Crippen LogP contribution < -0.4 is 10.2 Å². The average Bonchev–Trinajstić information content (AvgIpc) is 2.71. The molecule has 0 atom stereocenters. The molecule has 3 aromatic rings. The molecular formula is C23H21BO3. The van der Waals surface area contributed by atoms with Crippen LogP contribution in [0.1, 0.15) is 27.8 Å². The molecule has 0 radical (unpaired) electrons. The van der Waals surface area contributed by atoms with E-state index >= 15 is 0 Å². The van der Waals surface area contributed by atoms with Gasteiger partial charge in [-0.3, -0.25) is 0 Å². The molecule has 4 heteroatoms. The zero-order chi connectivity index (χ0) is 19.0. The lowest BCUT2D eigenvalue weighted by molar-refractivity contribution is 0.159. The molecule has 3 aromatic carbocycles. The van der Waals surface area contributed by atoms with Gasteiger partial charge in [0.2, 0.25) is 0 Å². The van der Waals surface area contributed by atoms with E-state index in [1.165, 1.54) is 0 Å². The first-order valence-corrected chi connectivity index (χ1v) is 9.02. The van der Waals surface area contributed by atoms with E-state index < -0.39 is 12.7 Å². The van der Waals surface area contributed by atoms with Crippen LogP contribution in [0.4, 0.5) is 0 Å². The topological polar surface area (TPSA) is 49.7 Å². The number of fused-ring (bicyclic) bond motifs is 1. The largest absolute Gasteiger partial charge is 0.488 e. The van der Waals surface area contributed by atoms with Crippen molar-refractivity contribution < 1.29 is 14.8 Å². The third-order valence-corrected chi connectivity index (χ3v) is 5.35. The summed E-state index contributed by atoms with van der Waals surface area (Å²) < 4.78 is 6.69. The molecule has 0 saturated heterocycles. The van der Waals surface area contributed by atoms with Gasteiger partial charge in [0, 0.05) is 16.7 Å². The number of hydrogen-bond donors (Lipinski definition) is 2. The third-order valence-electron chi connectivity index (χ3n) is 5.35. The SMILES string of the molecule is Cc1c(B(O)O)cc2c(c1C)OC(c1ccccc1)(c1ccccc1)C=C2. The highest BCUT2D eigenvalue weighted by Crippen LogP contribution is 2.43. The van der Waals surface area contributed by atoms with Gasteiger partial charge in [0.05, 0.1) is 0 Å². The van der Waals surface area contributed by atoms with Crippen LogP contribution in [0.5, 0.6) is 5.75 Å². The Bertz CT molecular complexity index is 956. The first kappa shape index (κ1) is 17.6. The number of ether oxygens (including phenoxy) is 1. The lowest BCUT2D eigenvalue weighted by Gasteiger charge is -2.37. The number of rotatable bonds is 3. The van der Waals surface area contributed by atoms with E-state index in [0.717, 1.165) is 33.6 Å². The van der Waals surface area contributed by atoms with Crippen LogP contribution in [-0.2, 0) is 5.60 Å². The maximum atomic E-state index is 9.68. The fourth-order valence-corrected chi connectivity index (χ4v) is 3.72. The summed E-state index contributed by atoms with van der Waals surface area (Å²) in [6, 6.07) is 22.1. The van der Waals surface area contributed by atoms with Gasteiger partial charge in [0.25, 0.3) is 0 Å². The summed E-state index contributed by atoms with van der Waals surface area (Å²) in [5.74, 6) is 0.770. The van der Waals surface area contributed by atoms with Crippen LogP contribution in [-0.4, -0.2) is 17.2 Å². The van der Waals surface area contributed by atoms with Crippen molar-refractivity contribution in [1.29, 1.82) is 0 Å². The molecule has 1 aliphatic heterocycles. The maximum absolute atomic E-state index is 9.68. The molecule has 0 spiro atoms. The van der Waals surface area contributed by atoms with E-state index in [4.69, 9.17) is 4.74 Å². The maximum Gasteiger partial charge on any atom is 0.488 e. The smallest absolute Gasteiger partial charge is 0.473 e. The van der Waals surface area contributed by atoms with E-state index in [-0.39, 0.29) is 0 Å². The fourth-order valence-electron chi connectivity index (χ4n) is 3.72. The van der Waals surface area contributed by atoms with E-state index in [1.807, 2.05) is 62.4 Å². The zero-order valence-corrected chi connectivity index (χ0v) is 15.4. The Kier molecular flexibility index (Phi) is 4.38. The first-order chi connectivity index (χ1) is 13.0. The Morgan fingerprint density at radius 1 is 0.815 bits per heavy atom. The number of benzene rings is 3. The summed E-state index contributed by atoms with van der Waals surface area (Å²) in [5, 5.41) is 19.4. The van der Waals surface area contributed by atoms with Gasteiger partial charge in [-0.25, -0.2) is 0 Å². The minimum absolute atomic E-state index is 0.506. The molecule has 3 nitrogen and oxygen atoms in total. The second kappa shape index (κ2) is 6.73. The van der Waals surface area contributed by atoms with Crippen LogP contribution in [0.3, 0.4) is 0 Å². The highest BCUT2D eigenvalue weighted by molar-refractivity contribution is 6.59. The predicted octanol–water partition coefficient (Wildman–Crippen LogP) is 3.33. The van der Waals surface area contributed by atoms with Gasteiger partial charge in [-0.1, -0.05) is 72.8 Å². The van der Waals surface area contributed by atoms with Crippen molar-refractivity contribution in [3.63, 3.8) is 0 Å². The van der Waals surface area contributed by atoms with Crippen LogP contribution in [0.2, 0.25) is 0 Å². The summed E-state index contributed by atoms with van der Waals surface area (Å²) in [5.41, 5.74) is 4.45. The zero-order valence-electron chi connectivity index (χ0n) is 15.4. The minimum Gasteiger partial charge on any atom is -0.473 e. The second-order valence-corrected chi connectivity index (χ2v) is 6.91. The first-order valence-electron chi connectivity index (χ1n) is 9.02. The molecule has 0 aliphatic carbocycles. The third kappa shape index (κ3) is 2.87. The molecule has 0 aromatic heterocycles. The summed E-state index contributed by atoms with van der Waals surface area (Å²) in [6.07, 6.45) is 4.06. The summed E-state index contributed by atoms with van der Waals surface area (Å²) in [4.78, 5) is 0. The average molecular weight is 356 g/mol. The van der Waals surface area contributed by atoms with Crippen LogP contribution >= 0.6 is 0 Å². The van der Waals surface area contributed by atoms with E-state index in [0.29, 0.717) is 5.46 Å². The standard InChI is InChI=1S/C23H21BO3/c1-16-17(2)22-18(15-21(16)24(25)26)13-14-23(27-22,19-9-5-3-6-10-19)20-11-7-4-8-12-20/h3-15,25-26H,1-2H3. The lowest BCUT2D eigenvalue weighted by atomic mass is 9.74. The second-order valence-electron chi connectivity index (χ2n) is 6.91. The molecule has 2 N–H and O–H groups in total.